The molecule has 0 aromatic heterocycles. The molecular formula is C14H29NO2. The molecule has 0 bridgehead atoms. The quantitative estimate of drug-likeness (QED) is 0.548. The van der Waals surface area contributed by atoms with Crippen molar-refractivity contribution < 1.29 is 9.90 Å². The lowest BCUT2D eigenvalue weighted by Gasteiger charge is -2.06. The molecular weight excluding hydrogens is 214 g/mol. The predicted molar refractivity (Wildman–Crippen MR) is 71.9 cm³/mol. The lowest BCUT2D eigenvalue weighted by molar-refractivity contribution is -0.121. The Balaban J connectivity index is 3.14. The zero-order valence-electron chi connectivity index (χ0n) is 11.5. The Morgan fingerprint density at radius 2 is 1.71 bits per heavy atom. The van der Waals surface area contributed by atoms with E-state index in [9.17, 15) is 4.79 Å². The maximum atomic E-state index is 11.3. The number of nitrogens with one attached hydrogen (secondary N) is 1. The number of carbonyl (C=O) groups excluding carboxylic acids is 1. The molecule has 3 nitrogen and oxygen atoms in total. The van der Waals surface area contributed by atoms with E-state index in [-0.39, 0.29) is 12.0 Å². The molecule has 0 saturated carbocycles. The Hall–Kier alpha value is -0.570. The summed E-state index contributed by atoms with van der Waals surface area (Å²) in [5.74, 6) is 0.0666. The molecule has 0 saturated heterocycles. The van der Waals surface area contributed by atoms with Gasteiger partial charge in [0, 0.05) is 13.0 Å². The first-order valence-corrected chi connectivity index (χ1v) is 7.11. The first-order chi connectivity index (χ1) is 8.16. The van der Waals surface area contributed by atoms with Crippen LogP contribution in [0.1, 0.15) is 71.6 Å². The van der Waals surface area contributed by atoms with Crippen LogP contribution < -0.4 is 5.32 Å². The Morgan fingerprint density at radius 1 is 1.12 bits per heavy atom. The molecule has 0 heterocycles. The molecule has 0 aliphatic rings. The third-order valence-corrected chi connectivity index (χ3v) is 2.89. The number of aliphatic hydroxyl groups excluding tert-OH is 1. The number of hydrogen-bond acceptors (Lipinski definition) is 2. The largest absolute Gasteiger partial charge is 0.393 e. The summed E-state index contributed by atoms with van der Waals surface area (Å²) in [7, 11) is 0. The van der Waals surface area contributed by atoms with Crippen LogP contribution in [0.4, 0.5) is 0 Å². The van der Waals surface area contributed by atoms with Crippen molar-refractivity contribution in [1.29, 1.82) is 0 Å². The fraction of sp³-hybridized carbons (Fsp3) is 0.929. The lowest BCUT2D eigenvalue weighted by atomic mass is 10.1. The molecule has 0 aromatic carbocycles. The Bertz CT molecular complexity index is 181. The fourth-order valence-corrected chi connectivity index (χ4v) is 1.74. The summed E-state index contributed by atoms with van der Waals surface area (Å²) >= 11 is 0. The van der Waals surface area contributed by atoms with Gasteiger partial charge in [0.25, 0.3) is 0 Å². The minimum absolute atomic E-state index is 0.0666. The highest BCUT2D eigenvalue weighted by Crippen LogP contribution is 2.06. The second kappa shape index (κ2) is 11.9. The highest BCUT2D eigenvalue weighted by molar-refractivity contribution is 5.75. The summed E-state index contributed by atoms with van der Waals surface area (Å²) in [6, 6.07) is 0. The van der Waals surface area contributed by atoms with Gasteiger partial charge < -0.3 is 10.4 Å². The molecule has 0 aromatic rings. The van der Waals surface area contributed by atoms with Crippen molar-refractivity contribution in [2.24, 2.45) is 0 Å². The van der Waals surface area contributed by atoms with E-state index in [1.165, 1.54) is 38.5 Å². The number of unbranched alkanes of at least 4 members (excludes halogenated alkanes) is 6. The van der Waals surface area contributed by atoms with E-state index in [4.69, 9.17) is 5.11 Å². The second-order valence-corrected chi connectivity index (χ2v) is 4.86. The van der Waals surface area contributed by atoms with Crippen molar-refractivity contribution in [3.63, 3.8) is 0 Å². The van der Waals surface area contributed by atoms with Crippen molar-refractivity contribution in [3.05, 3.63) is 0 Å². The van der Waals surface area contributed by atoms with Crippen LogP contribution in [0.5, 0.6) is 0 Å². The molecule has 0 unspecified atom stereocenters. The first kappa shape index (κ1) is 16.4. The highest BCUT2D eigenvalue weighted by Gasteiger charge is 2.02. The van der Waals surface area contributed by atoms with Crippen LogP contribution >= 0.6 is 0 Å². The summed E-state index contributed by atoms with van der Waals surface area (Å²) < 4.78 is 0. The van der Waals surface area contributed by atoms with E-state index in [1.807, 2.05) is 0 Å². The SMILES string of the molecule is CCCCCCCCCNC(=O)CC[C@H](C)O. The number of carbonyl (C=O) groups is 1. The van der Waals surface area contributed by atoms with Gasteiger partial charge in [0.05, 0.1) is 6.10 Å². The van der Waals surface area contributed by atoms with Gasteiger partial charge in [0.15, 0.2) is 0 Å². The summed E-state index contributed by atoms with van der Waals surface area (Å²) in [6.07, 6.45) is 9.49. The maximum absolute atomic E-state index is 11.3. The predicted octanol–water partition coefficient (Wildman–Crippen LogP) is 3.01. The number of aliphatic hydroxyl groups is 1. The average molecular weight is 243 g/mol. The molecule has 102 valence electrons. The van der Waals surface area contributed by atoms with E-state index in [0.29, 0.717) is 12.8 Å². The molecule has 0 rings (SSSR count). The van der Waals surface area contributed by atoms with Gasteiger partial charge in [-0.2, -0.15) is 0 Å². The van der Waals surface area contributed by atoms with E-state index in [0.717, 1.165) is 13.0 Å². The maximum Gasteiger partial charge on any atom is 0.220 e. The molecule has 0 spiro atoms. The molecule has 1 amide bonds. The Kier molecular flexibility index (Phi) is 11.5. The molecule has 0 aliphatic heterocycles. The van der Waals surface area contributed by atoms with Gasteiger partial charge in [-0.1, -0.05) is 45.4 Å². The third-order valence-electron chi connectivity index (χ3n) is 2.89. The molecule has 0 aliphatic carbocycles. The van der Waals surface area contributed by atoms with Crippen LogP contribution in [0.25, 0.3) is 0 Å². The molecule has 0 radical (unpaired) electrons. The van der Waals surface area contributed by atoms with Crippen LogP contribution in [0, 0.1) is 0 Å². The molecule has 1 atom stereocenters. The van der Waals surface area contributed by atoms with E-state index in [1.54, 1.807) is 6.92 Å². The highest BCUT2D eigenvalue weighted by atomic mass is 16.3. The van der Waals surface area contributed by atoms with Gasteiger partial charge in [-0.15, -0.1) is 0 Å². The van der Waals surface area contributed by atoms with E-state index in [2.05, 4.69) is 12.2 Å². The Labute approximate surface area is 106 Å². The van der Waals surface area contributed by atoms with Gasteiger partial charge in [-0.3, -0.25) is 4.79 Å². The summed E-state index contributed by atoms with van der Waals surface area (Å²) in [4.78, 5) is 11.3. The fourth-order valence-electron chi connectivity index (χ4n) is 1.74. The van der Waals surface area contributed by atoms with Gasteiger partial charge in [-0.25, -0.2) is 0 Å². The van der Waals surface area contributed by atoms with Crippen molar-refractivity contribution in [1.82, 2.24) is 5.32 Å². The minimum atomic E-state index is -0.376. The van der Waals surface area contributed by atoms with E-state index < -0.39 is 0 Å². The second-order valence-electron chi connectivity index (χ2n) is 4.86. The van der Waals surface area contributed by atoms with Crippen LogP contribution in [-0.4, -0.2) is 23.7 Å². The summed E-state index contributed by atoms with van der Waals surface area (Å²) in [5.41, 5.74) is 0. The number of hydrogen-bond donors (Lipinski definition) is 2. The van der Waals surface area contributed by atoms with Crippen molar-refractivity contribution in [3.8, 4) is 0 Å². The monoisotopic (exact) mass is 243 g/mol. The summed E-state index contributed by atoms with van der Waals surface area (Å²) in [6.45, 7) is 4.72. The molecule has 0 fully saturated rings. The minimum Gasteiger partial charge on any atom is -0.393 e. The normalized spacial score (nSPS) is 12.4. The standard InChI is InChI=1S/C14H29NO2/c1-3-4-5-6-7-8-9-12-15-14(17)11-10-13(2)16/h13,16H,3-12H2,1-2H3,(H,15,17)/t13-/m0/s1. The zero-order chi connectivity index (χ0) is 12.9. The first-order valence-electron chi connectivity index (χ1n) is 7.11. The van der Waals surface area contributed by atoms with Crippen LogP contribution in [0.2, 0.25) is 0 Å². The summed E-state index contributed by atoms with van der Waals surface area (Å²) in [5, 5.41) is 11.9. The lowest BCUT2D eigenvalue weighted by Crippen LogP contribution is -2.25. The molecule has 17 heavy (non-hydrogen) atoms. The Morgan fingerprint density at radius 3 is 2.29 bits per heavy atom. The average Bonchev–Trinajstić information content (AvgIpc) is 2.30. The number of amides is 1. The van der Waals surface area contributed by atoms with Gasteiger partial charge in [0.1, 0.15) is 0 Å². The van der Waals surface area contributed by atoms with E-state index >= 15 is 0 Å². The van der Waals surface area contributed by atoms with Crippen LogP contribution in [-0.2, 0) is 4.79 Å². The van der Waals surface area contributed by atoms with Crippen molar-refractivity contribution in [2.75, 3.05) is 6.54 Å². The zero-order valence-corrected chi connectivity index (χ0v) is 11.5. The van der Waals surface area contributed by atoms with Gasteiger partial charge in [-0.05, 0) is 19.8 Å². The third kappa shape index (κ3) is 13.4. The van der Waals surface area contributed by atoms with Crippen LogP contribution in [0.15, 0.2) is 0 Å². The smallest absolute Gasteiger partial charge is 0.220 e. The van der Waals surface area contributed by atoms with Gasteiger partial charge >= 0.3 is 0 Å². The topological polar surface area (TPSA) is 49.3 Å². The number of rotatable bonds is 11. The molecule has 3 heteroatoms. The van der Waals surface area contributed by atoms with Crippen molar-refractivity contribution in [2.45, 2.75) is 77.7 Å². The van der Waals surface area contributed by atoms with Crippen molar-refractivity contribution >= 4 is 5.91 Å². The van der Waals surface area contributed by atoms with Crippen LogP contribution in [0.3, 0.4) is 0 Å². The molecule has 2 N–H and O–H groups in total. The van der Waals surface area contributed by atoms with Gasteiger partial charge in [0.2, 0.25) is 5.91 Å².